The fourth-order valence-corrected chi connectivity index (χ4v) is 2.47. The Balaban J connectivity index is 2.29. The van der Waals surface area contributed by atoms with Crippen molar-refractivity contribution in [3.63, 3.8) is 0 Å². The number of carbonyl (C=O) groups excluding carboxylic acids is 1. The van der Waals surface area contributed by atoms with Crippen molar-refractivity contribution in [2.24, 2.45) is 5.73 Å². The summed E-state index contributed by atoms with van der Waals surface area (Å²) in [6.45, 7) is 1.20. The quantitative estimate of drug-likeness (QED) is 0.509. The minimum absolute atomic E-state index is 0.0576. The lowest BCUT2D eigenvalue weighted by Crippen LogP contribution is -2.54. The predicted molar refractivity (Wildman–Crippen MR) is 90.1 cm³/mol. The van der Waals surface area contributed by atoms with E-state index in [1.54, 1.807) is 49.4 Å². The molecule has 0 saturated carbocycles. The monoisotopic (exact) mass is 330 g/mol. The Bertz CT molecular complexity index is 707. The second-order valence-electron chi connectivity index (χ2n) is 5.98. The first-order chi connectivity index (χ1) is 11.3. The Kier molecular flexibility index (Phi) is 5.23. The summed E-state index contributed by atoms with van der Waals surface area (Å²) in [5, 5.41) is 33.2. The molecule has 2 rings (SSSR count). The Morgan fingerprint density at radius 1 is 1.12 bits per heavy atom. The molecule has 6 heteroatoms. The van der Waals surface area contributed by atoms with Crippen molar-refractivity contribution in [2.45, 2.75) is 18.1 Å². The molecule has 0 radical (unpaired) electrons. The molecule has 0 aliphatic rings. The molecular weight excluding hydrogens is 308 g/mol. The minimum Gasteiger partial charge on any atom is -0.508 e. The topological polar surface area (TPSA) is 116 Å². The number of aliphatic hydroxyl groups excluding tert-OH is 1. The largest absolute Gasteiger partial charge is 0.508 e. The van der Waals surface area contributed by atoms with Gasteiger partial charge >= 0.3 is 0 Å². The van der Waals surface area contributed by atoms with E-state index in [1.807, 2.05) is 0 Å². The smallest absolute Gasteiger partial charge is 0.255 e. The molecule has 128 valence electrons. The number of carbonyl (C=O) groups is 1. The van der Waals surface area contributed by atoms with Crippen LogP contribution in [-0.4, -0.2) is 34.4 Å². The van der Waals surface area contributed by atoms with E-state index in [0.29, 0.717) is 11.1 Å². The molecule has 0 saturated heterocycles. The molecule has 0 fully saturated rings. The summed E-state index contributed by atoms with van der Waals surface area (Å²) < 4.78 is 0. The van der Waals surface area contributed by atoms with Crippen LogP contribution in [0.5, 0.6) is 5.75 Å². The van der Waals surface area contributed by atoms with Gasteiger partial charge in [-0.05, 0) is 30.2 Å². The highest BCUT2D eigenvalue weighted by atomic mass is 16.3. The Morgan fingerprint density at radius 2 is 1.75 bits per heavy atom. The Labute approximate surface area is 140 Å². The zero-order valence-corrected chi connectivity index (χ0v) is 13.4. The number of aromatic hydroxyl groups is 1. The van der Waals surface area contributed by atoms with Crippen LogP contribution in [-0.2, 0) is 15.9 Å². The number of phenols is 1. The molecular formula is C18H22N2O4. The summed E-state index contributed by atoms with van der Waals surface area (Å²) in [7, 11) is 0. The number of primary amides is 1. The van der Waals surface area contributed by atoms with Gasteiger partial charge < -0.3 is 26.4 Å². The number of benzene rings is 2. The van der Waals surface area contributed by atoms with Gasteiger partial charge in [0.25, 0.3) is 5.91 Å². The molecule has 0 aliphatic heterocycles. The predicted octanol–water partition coefficient (Wildman–Crippen LogP) is 0.562. The van der Waals surface area contributed by atoms with Crippen LogP contribution in [0.2, 0.25) is 0 Å². The maximum absolute atomic E-state index is 11.8. The summed E-state index contributed by atoms with van der Waals surface area (Å²) in [6.07, 6.45) is 0. The first-order valence-corrected chi connectivity index (χ1v) is 7.55. The average molecular weight is 330 g/mol. The average Bonchev–Trinajstić information content (AvgIpc) is 2.60. The van der Waals surface area contributed by atoms with Crippen LogP contribution in [0.1, 0.15) is 18.1 Å². The van der Waals surface area contributed by atoms with Crippen LogP contribution in [0.25, 0.3) is 0 Å². The van der Waals surface area contributed by atoms with Crippen LogP contribution in [0.4, 0.5) is 0 Å². The van der Waals surface area contributed by atoms with Crippen LogP contribution in [0.3, 0.4) is 0 Å². The van der Waals surface area contributed by atoms with Gasteiger partial charge in [-0.2, -0.15) is 0 Å². The summed E-state index contributed by atoms with van der Waals surface area (Å²) in [5.41, 5.74) is 3.49. The van der Waals surface area contributed by atoms with Crippen molar-refractivity contribution < 1.29 is 20.1 Å². The van der Waals surface area contributed by atoms with Crippen molar-refractivity contribution in [2.75, 3.05) is 13.2 Å². The van der Waals surface area contributed by atoms with Crippen molar-refractivity contribution in [3.05, 3.63) is 65.7 Å². The molecule has 0 aliphatic carbocycles. The molecule has 2 unspecified atom stereocenters. The summed E-state index contributed by atoms with van der Waals surface area (Å²) in [4.78, 5) is 11.8. The molecule has 1 amide bonds. The highest BCUT2D eigenvalue weighted by Gasteiger charge is 2.38. The van der Waals surface area contributed by atoms with E-state index in [0.717, 1.165) is 0 Å². The number of nitrogens with two attached hydrogens (primary N) is 1. The van der Waals surface area contributed by atoms with E-state index >= 15 is 0 Å². The van der Waals surface area contributed by atoms with Gasteiger partial charge in [0, 0.05) is 6.54 Å². The molecule has 0 heterocycles. The molecule has 0 aromatic heterocycles. The molecule has 6 nitrogen and oxygen atoms in total. The van der Waals surface area contributed by atoms with Crippen molar-refractivity contribution in [1.82, 2.24) is 5.32 Å². The first kappa shape index (κ1) is 17.9. The number of hydrogen-bond acceptors (Lipinski definition) is 5. The number of amides is 1. The third kappa shape index (κ3) is 3.56. The normalized spacial score (nSPS) is 16.1. The van der Waals surface area contributed by atoms with Crippen LogP contribution in [0.15, 0.2) is 54.6 Å². The number of nitrogens with one attached hydrogen (secondary N) is 1. The molecule has 2 aromatic rings. The summed E-state index contributed by atoms with van der Waals surface area (Å²) in [5.74, 6) is -0.834. The van der Waals surface area contributed by atoms with E-state index < -0.39 is 17.0 Å². The zero-order chi connectivity index (χ0) is 17.8. The van der Waals surface area contributed by atoms with Gasteiger partial charge in [0.15, 0.2) is 5.60 Å². The van der Waals surface area contributed by atoms with E-state index in [-0.39, 0.29) is 18.9 Å². The van der Waals surface area contributed by atoms with E-state index in [9.17, 15) is 20.1 Å². The number of phenolic OH excluding ortho intramolecular Hbond substituents is 1. The van der Waals surface area contributed by atoms with Crippen molar-refractivity contribution in [1.29, 1.82) is 0 Å². The van der Waals surface area contributed by atoms with E-state index in [2.05, 4.69) is 5.32 Å². The van der Waals surface area contributed by atoms with Crippen molar-refractivity contribution >= 4 is 5.91 Å². The van der Waals surface area contributed by atoms with Gasteiger partial charge in [0.1, 0.15) is 5.75 Å². The number of aliphatic hydroxyl groups is 2. The van der Waals surface area contributed by atoms with Gasteiger partial charge in [-0.1, -0.05) is 42.5 Å². The van der Waals surface area contributed by atoms with Gasteiger partial charge in [0.2, 0.25) is 0 Å². The summed E-state index contributed by atoms with van der Waals surface area (Å²) >= 11 is 0. The SMILES string of the molecule is CC(CO)(NCC(O)(C(N)=O)c1ccccc1)c1cccc(O)c1. The van der Waals surface area contributed by atoms with Gasteiger partial charge in [-0.3, -0.25) is 4.79 Å². The van der Waals surface area contributed by atoms with Crippen LogP contribution < -0.4 is 11.1 Å². The Hall–Kier alpha value is -2.41. The lowest BCUT2D eigenvalue weighted by Gasteiger charge is -2.34. The van der Waals surface area contributed by atoms with Gasteiger partial charge in [0.05, 0.1) is 12.1 Å². The lowest BCUT2D eigenvalue weighted by atomic mass is 9.88. The van der Waals surface area contributed by atoms with Crippen LogP contribution in [0, 0.1) is 0 Å². The van der Waals surface area contributed by atoms with Crippen LogP contribution >= 0.6 is 0 Å². The highest BCUT2D eigenvalue weighted by Crippen LogP contribution is 2.26. The summed E-state index contributed by atoms with van der Waals surface area (Å²) in [6, 6.07) is 14.8. The Morgan fingerprint density at radius 3 is 2.29 bits per heavy atom. The molecule has 2 aromatic carbocycles. The first-order valence-electron chi connectivity index (χ1n) is 7.55. The number of rotatable bonds is 7. The standard InChI is InChI=1S/C18H22N2O4/c1-17(12-21,14-8-5-9-15(22)10-14)20-11-18(24,16(19)23)13-6-3-2-4-7-13/h2-10,20-22,24H,11-12H2,1H3,(H2,19,23). The second-order valence-corrected chi connectivity index (χ2v) is 5.98. The fourth-order valence-electron chi connectivity index (χ4n) is 2.47. The second kappa shape index (κ2) is 7.00. The maximum Gasteiger partial charge on any atom is 0.255 e. The lowest BCUT2D eigenvalue weighted by molar-refractivity contribution is -0.137. The third-order valence-corrected chi connectivity index (χ3v) is 4.19. The molecule has 2 atom stereocenters. The maximum atomic E-state index is 11.8. The third-order valence-electron chi connectivity index (χ3n) is 4.19. The van der Waals surface area contributed by atoms with Gasteiger partial charge in [-0.25, -0.2) is 0 Å². The molecule has 0 bridgehead atoms. The van der Waals surface area contributed by atoms with Gasteiger partial charge in [-0.15, -0.1) is 0 Å². The molecule has 0 spiro atoms. The van der Waals surface area contributed by atoms with E-state index in [4.69, 9.17) is 5.73 Å². The molecule has 24 heavy (non-hydrogen) atoms. The highest BCUT2D eigenvalue weighted by molar-refractivity contribution is 5.85. The molecule has 6 N–H and O–H groups in total. The van der Waals surface area contributed by atoms with E-state index in [1.165, 1.54) is 12.1 Å². The number of hydrogen-bond donors (Lipinski definition) is 5. The minimum atomic E-state index is -1.92. The fraction of sp³-hybridized carbons (Fsp3) is 0.278. The van der Waals surface area contributed by atoms with Crippen molar-refractivity contribution in [3.8, 4) is 5.75 Å². The zero-order valence-electron chi connectivity index (χ0n) is 13.4.